The molecule has 0 N–H and O–H groups in total. The van der Waals surface area contributed by atoms with Crippen LogP contribution in [0.5, 0.6) is 0 Å². The molecule has 0 amide bonds. The molecule has 1 unspecified atom stereocenters. The van der Waals surface area contributed by atoms with Gasteiger partial charge in [0.25, 0.3) is 0 Å². The lowest BCUT2D eigenvalue weighted by molar-refractivity contribution is -0.306. The van der Waals surface area contributed by atoms with Gasteiger partial charge in [0.2, 0.25) is 6.29 Å². The predicted molar refractivity (Wildman–Crippen MR) is 113 cm³/mol. The molecule has 0 aromatic carbocycles. The highest BCUT2D eigenvalue weighted by molar-refractivity contribution is 5.28. The van der Waals surface area contributed by atoms with Crippen LogP contribution in [0.25, 0.3) is 0 Å². The van der Waals surface area contributed by atoms with Crippen molar-refractivity contribution in [2.45, 2.75) is 62.4 Å². The summed E-state index contributed by atoms with van der Waals surface area (Å²) in [6, 6.07) is 2.28. The smallest absolute Gasteiger partial charge is 0.229 e. The van der Waals surface area contributed by atoms with Crippen molar-refractivity contribution in [1.82, 2.24) is 0 Å². The minimum atomic E-state index is -0.832. The first-order valence-electron chi connectivity index (χ1n) is 10.6. The summed E-state index contributed by atoms with van der Waals surface area (Å²) in [7, 11) is 11.1. The lowest BCUT2D eigenvalue weighted by atomic mass is 9.83. The van der Waals surface area contributed by atoms with Crippen LogP contribution in [0.3, 0.4) is 0 Å². The number of nitriles is 1. The van der Waals surface area contributed by atoms with Gasteiger partial charge in [0.1, 0.15) is 42.4 Å². The summed E-state index contributed by atoms with van der Waals surface area (Å²) in [5.41, 5.74) is 0.694. The van der Waals surface area contributed by atoms with E-state index in [1.165, 1.54) is 0 Å². The van der Waals surface area contributed by atoms with E-state index in [2.05, 4.69) is 6.07 Å². The minimum absolute atomic E-state index is 0.280. The van der Waals surface area contributed by atoms with Crippen LogP contribution in [0.15, 0.2) is 11.3 Å². The van der Waals surface area contributed by atoms with E-state index in [0.29, 0.717) is 17.8 Å². The standard InChI is InChI=1S/C22H37NO9/c1-12(10-23)16-13(9-14(25-3)17(26-4)19(16)28-6)31-22-21(30-8)20(29-7)18(27-5)15(32-22)11-24-2/h12,14-15,17-22H,9,11H2,1-8H3/t12?,14-,15+,17-,18+,19-,20-,21+,22+/m0/s1. The van der Waals surface area contributed by atoms with Crippen molar-refractivity contribution < 1.29 is 42.6 Å². The first-order chi connectivity index (χ1) is 15.4. The van der Waals surface area contributed by atoms with Crippen LogP contribution in [0.1, 0.15) is 13.3 Å². The van der Waals surface area contributed by atoms with Crippen LogP contribution < -0.4 is 0 Å². The summed E-state index contributed by atoms with van der Waals surface area (Å²) in [5, 5.41) is 9.69. The zero-order valence-electron chi connectivity index (χ0n) is 20.2. The summed E-state index contributed by atoms with van der Waals surface area (Å²) in [6.45, 7) is 2.08. The number of nitrogens with zero attached hydrogens (tertiary/aromatic N) is 1. The second kappa shape index (κ2) is 12.8. The van der Waals surface area contributed by atoms with Crippen LogP contribution in [0.2, 0.25) is 0 Å². The first kappa shape index (κ1) is 27.0. The monoisotopic (exact) mass is 459 g/mol. The summed E-state index contributed by atoms with van der Waals surface area (Å²) >= 11 is 0. The fourth-order valence-corrected chi connectivity index (χ4v) is 4.59. The van der Waals surface area contributed by atoms with Crippen LogP contribution in [-0.2, 0) is 42.6 Å². The second-order valence-corrected chi connectivity index (χ2v) is 7.78. The molecule has 32 heavy (non-hydrogen) atoms. The molecular formula is C22H37NO9. The van der Waals surface area contributed by atoms with Gasteiger partial charge in [-0.25, -0.2) is 0 Å². The van der Waals surface area contributed by atoms with Gasteiger partial charge >= 0.3 is 0 Å². The third-order valence-electron chi connectivity index (χ3n) is 6.17. The third-order valence-corrected chi connectivity index (χ3v) is 6.17. The van der Waals surface area contributed by atoms with Gasteiger partial charge < -0.3 is 42.6 Å². The van der Waals surface area contributed by atoms with Gasteiger partial charge in [-0.1, -0.05) is 0 Å². The van der Waals surface area contributed by atoms with E-state index >= 15 is 0 Å². The van der Waals surface area contributed by atoms with Gasteiger partial charge in [0.05, 0.1) is 24.7 Å². The van der Waals surface area contributed by atoms with Crippen molar-refractivity contribution >= 4 is 0 Å². The van der Waals surface area contributed by atoms with Crippen LogP contribution >= 0.6 is 0 Å². The molecule has 1 aliphatic carbocycles. The number of hydrogen-bond donors (Lipinski definition) is 0. The highest BCUT2D eigenvalue weighted by Crippen LogP contribution is 2.38. The molecule has 10 nitrogen and oxygen atoms in total. The molecule has 0 aromatic heterocycles. The average Bonchev–Trinajstić information content (AvgIpc) is 2.82. The average molecular weight is 460 g/mol. The van der Waals surface area contributed by atoms with Crippen molar-refractivity contribution in [2.24, 2.45) is 5.92 Å². The van der Waals surface area contributed by atoms with Gasteiger partial charge in [0.15, 0.2) is 0 Å². The zero-order valence-corrected chi connectivity index (χ0v) is 20.2. The van der Waals surface area contributed by atoms with Crippen molar-refractivity contribution in [2.75, 3.05) is 56.4 Å². The molecule has 0 aromatic rings. The molecule has 0 radical (unpaired) electrons. The highest BCUT2D eigenvalue weighted by Gasteiger charge is 2.50. The molecule has 0 saturated carbocycles. The molecule has 2 rings (SSSR count). The van der Waals surface area contributed by atoms with Crippen molar-refractivity contribution in [3.8, 4) is 6.07 Å². The molecule has 2 aliphatic rings. The summed E-state index contributed by atoms with van der Waals surface area (Å²) < 4.78 is 52.0. The normalized spacial score (nSPS) is 36.6. The van der Waals surface area contributed by atoms with E-state index in [1.807, 2.05) is 0 Å². The Morgan fingerprint density at radius 1 is 0.875 bits per heavy atom. The van der Waals surface area contributed by atoms with Gasteiger partial charge in [-0.3, -0.25) is 0 Å². The Morgan fingerprint density at radius 2 is 1.50 bits per heavy atom. The number of methoxy groups -OCH3 is 7. The maximum Gasteiger partial charge on any atom is 0.229 e. The van der Waals surface area contributed by atoms with Crippen LogP contribution in [-0.4, -0.2) is 105 Å². The number of ether oxygens (including phenoxy) is 9. The Kier molecular flexibility index (Phi) is 10.8. The highest BCUT2D eigenvalue weighted by atomic mass is 16.7. The molecule has 1 heterocycles. The van der Waals surface area contributed by atoms with Crippen LogP contribution in [0.4, 0.5) is 0 Å². The van der Waals surface area contributed by atoms with E-state index < -0.39 is 42.7 Å². The fraction of sp³-hybridized carbons (Fsp3) is 0.864. The first-order valence-corrected chi connectivity index (χ1v) is 10.6. The summed E-state index contributed by atoms with van der Waals surface area (Å²) in [6.07, 6.45) is -3.62. The maximum absolute atomic E-state index is 9.69. The lowest BCUT2D eigenvalue weighted by Gasteiger charge is -2.46. The Morgan fingerprint density at radius 3 is 1.97 bits per heavy atom. The van der Waals surface area contributed by atoms with Gasteiger partial charge in [-0.2, -0.15) is 5.26 Å². The molecule has 1 aliphatic heterocycles. The van der Waals surface area contributed by atoms with E-state index in [4.69, 9.17) is 42.6 Å². The Bertz CT molecular complexity index is 652. The summed E-state index contributed by atoms with van der Waals surface area (Å²) in [4.78, 5) is 0. The second-order valence-electron chi connectivity index (χ2n) is 7.78. The largest absolute Gasteiger partial charge is 0.466 e. The van der Waals surface area contributed by atoms with Gasteiger partial charge in [-0.05, 0) is 6.92 Å². The zero-order chi connectivity index (χ0) is 23.8. The van der Waals surface area contributed by atoms with Crippen LogP contribution in [0, 0.1) is 17.2 Å². The molecule has 184 valence electrons. The molecule has 0 bridgehead atoms. The van der Waals surface area contributed by atoms with Crippen molar-refractivity contribution in [3.05, 3.63) is 11.3 Å². The third kappa shape index (κ3) is 5.43. The Balaban J connectivity index is 2.47. The number of rotatable bonds is 11. The van der Waals surface area contributed by atoms with E-state index in [1.54, 1.807) is 56.7 Å². The van der Waals surface area contributed by atoms with E-state index in [9.17, 15) is 5.26 Å². The topological polar surface area (TPSA) is 107 Å². The fourth-order valence-electron chi connectivity index (χ4n) is 4.59. The quantitative estimate of drug-likeness (QED) is 0.448. The van der Waals surface area contributed by atoms with Gasteiger partial charge in [0, 0.05) is 61.8 Å². The Hall–Kier alpha value is -1.29. The molecular weight excluding hydrogens is 422 g/mol. The molecule has 1 fully saturated rings. The van der Waals surface area contributed by atoms with E-state index in [-0.39, 0.29) is 18.8 Å². The molecule has 1 saturated heterocycles. The Labute approximate surface area is 190 Å². The lowest BCUT2D eigenvalue weighted by Crippen LogP contribution is -2.61. The van der Waals surface area contributed by atoms with Crippen molar-refractivity contribution in [1.29, 1.82) is 5.26 Å². The summed E-state index contributed by atoms with van der Waals surface area (Å²) in [5.74, 6) is 0.0784. The molecule has 9 atom stereocenters. The maximum atomic E-state index is 9.69. The minimum Gasteiger partial charge on any atom is -0.466 e. The molecule has 10 heteroatoms. The van der Waals surface area contributed by atoms with Gasteiger partial charge in [-0.15, -0.1) is 0 Å². The SMILES string of the molecule is COC[C@H]1O[C@@H](OC2=C(C(C)C#N)[C@H](OC)[C@@H](OC)[C@@H](OC)C2)[C@H](OC)[C@@H](OC)[C@@H]1OC. The predicted octanol–water partition coefficient (Wildman–Crippen LogP) is 1.28. The number of hydrogen-bond acceptors (Lipinski definition) is 10. The molecule has 0 spiro atoms. The van der Waals surface area contributed by atoms with Crippen molar-refractivity contribution in [3.63, 3.8) is 0 Å². The van der Waals surface area contributed by atoms with E-state index in [0.717, 1.165) is 0 Å².